The minimum Gasteiger partial charge on any atom is -0.361 e. The molecule has 1 heterocycles. The summed E-state index contributed by atoms with van der Waals surface area (Å²) in [7, 11) is 0. The maximum absolute atomic E-state index is 11.7. The van der Waals surface area contributed by atoms with E-state index >= 15 is 0 Å². The van der Waals surface area contributed by atoms with Crippen LogP contribution < -0.4 is 0 Å². The fourth-order valence-electron chi connectivity index (χ4n) is 4.24. The zero-order valence-corrected chi connectivity index (χ0v) is 10.7. The Morgan fingerprint density at radius 3 is 2.88 bits per heavy atom. The first-order chi connectivity index (χ1) is 7.93. The Morgan fingerprint density at radius 2 is 2.12 bits per heavy atom. The number of rotatable bonds is 0. The van der Waals surface area contributed by atoms with Crippen LogP contribution in [0, 0.1) is 11.3 Å². The predicted octanol–water partition coefficient (Wildman–Crippen LogP) is 2.88. The molecule has 92 valence electrons. The van der Waals surface area contributed by atoms with Crippen molar-refractivity contribution in [3.63, 3.8) is 0 Å². The Hall–Kier alpha value is -1.12. The number of fused-ring (bicyclic) bond motifs is 2. The maximum atomic E-state index is 11.7. The van der Waals surface area contributed by atoms with Gasteiger partial charge in [-0.3, -0.25) is 4.79 Å². The van der Waals surface area contributed by atoms with E-state index in [4.69, 9.17) is 4.52 Å². The number of hydrogen-bond acceptors (Lipinski definition) is 3. The largest absolute Gasteiger partial charge is 0.361 e. The monoisotopic (exact) mass is 233 g/mol. The first kappa shape index (κ1) is 11.0. The minimum atomic E-state index is -0.000463. The molecule has 0 saturated heterocycles. The van der Waals surface area contributed by atoms with Gasteiger partial charge in [0, 0.05) is 23.8 Å². The van der Waals surface area contributed by atoms with Gasteiger partial charge in [-0.2, -0.15) is 0 Å². The molecule has 2 unspecified atom stereocenters. The van der Waals surface area contributed by atoms with Crippen molar-refractivity contribution in [3.05, 3.63) is 17.5 Å². The summed E-state index contributed by atoms with van der Waals surface area (Å²) in [5.74, 6) is 1.97. The molecule has 0 N–H and O–H groups in total. The minimum absolute atomic E-state index is 0.000463. The van der Waals surface area contributed by atoms with Crippen LogP contribution in [-0.4, -0.2) is 10.9 Å². The Balaban J connectivity index is 2.11. The normalized spacial score (nSPS) is 35.2. The second-order valence-electron chi connectivity index (χ2n) is 6.54. The average molecular weight is 233 g/mol. The smallest absolute Gasteiger partial charge is 0.145 e. The van der Waals surface area contributed by atoms with Crippen molar-refractivity contribution in [1.29, 1.82) is 0 Å². The SMILES string of the molecule is CC12CC(=O)CCC1C(C)(C)c1oncc1C2. The number of carbonyl (C=O) groups is 1. The van der Waals surface area contributed by atoms with Gasteiger partial charge in [0.15, 0.2) is 0 Å². The van der Waals surface area contributed by atoms with Crippen molar-refractivity contribution < 1.29 is 9.32 Å². The molecule has 0 bridgehead atoms. The summed E-state index contributed by atoms with van der Waals surface area (Å²) in [6, 6.07) is 0. The van der Waals surface area contributed by atoms with Crippen molar-refractivity contribution in [2.75, 3.05) is 0 Å². The van der Waals surface area contributed by atoms with Crippen molar-refractivity contribution >= 4 is 5.78 Å². The number of ketones is 1. The van der Waals surface area contributed by atoms with Crippen LogP contribution in [0.2, 0.25) is 0 Å². The van der Waals surface area contributed by atoms with E-state index in [9.17, 15) is 4.79 Å². The lowest BCUT2D eigenvalue weighted by Gasteiger charge is -2.51. The average Bonchev–Trinajstić information content (AvgIpc) is 2.64. The summed E-state index contributed by atoms with van der Waals surface area (Å²) < 4.78 is 5.46. The number of aromatic nitrogens is 1. The lowest BCUT2D eigenvalue weighted by atomic mass is 9.52. The van der Waals surface area contributed by atoms with Gasteiger partial charge >= 0.3 is 0 Å². The van der Waals surface area contributed by atoms with Gasteiger partial charge in [0.2, 0.25) is 0 Å². The highest BCUT2D eigenvalue weighted by Crippen LogP contribution is 2.55. The fraction of sp³-hybridized carbons (Fsp3) is 0.714. The molecular weight excluding hydrogens is 214 g/mol. The van der Waals surface area contributed by atoms with Gasteiger partial charge in [0.05, 0.1) is 6.20 Å². The Bertz CT molecular complexity index is 474. The quantitative estimate of drug-likeness (QED) is 0.692. The molecule has 2 atom stereocenters. The number of nitrogens with zero attached hydrogens (tertiary/aromatic N) is 1. The van der Waals surface area contributed by atoms with Gasteiger partial charge < -0.3 is 4.52 Å². The number of carbonyl (C=O) groups excluding carboxylic acids is 1. The first-order valence-electron chi connectivity index (χ1n) is 6.39. The third-order valence-electron chi connectivity index (χ3n) is 4.85. The van der Waals surface area contributed by atoms with Gasteiger partial charge in [-0.1, -0.05) is 25.9 Å². The van der Waals surface area contributed by atoms with E-state index in [1.54, 1.807) is 0 Å². The molecule has 1 aromatic rings. The van der Waals surface area contributed by atoms with Crippen molar-refractivity contribution in [1.82, 2.24) is 5.16 Å². The van der Waals surface area contributed by atoms with E-state index < -0.39 is 0 Å². The van der Waals surface area contributed by atoms with E-state index in [2.05, 4.69) is 25.9 Å². The standard InChI is InChI=1S/C14H19NO2/c1-13(2)11-5-4-10(16)7-14(11,3)6-9-8-15-17-12(9)13/h8,11H,4-7H2,1-3H3. The van der Waals surface area contributed by atoms with Gasteiger partial charge in [0.1, 0.15) is 11.5 Å². The second kappa shape index (κ2) is 3.21. The highest BCUT2D eigenvalue weighted by atomic mass is 16.5. The molecule has 0 aliphatic heterocycles. The van der Waals surface area contributed by atoms with Gasteiger partial charge in [-0.25, -0.2) is 0 Å². The highest BCUT2D eigenvalue weighted by Gasteiger charge is 2.53. The van der Waals surface area contributed by atoms with Crippen LogP contribution in [-0.2, 0) is 16.6 Å². The van der Waals surface area contributed by atoms with E-state index in [1.165, 1.54) is 5.56 Å². The number of hydrogen-bond donors (Lipinski definition) is 0. The molecule has 1 aromatic heterocycles. The third-order valence-corrected chi connectivity index (χ3v) is 4.85. The molecule has 0 radical (unpaired) electrons. The molecule has 3 heteroatoms. The fourth-order valence-corrected chi connectivity index (χ4v) is 4.24. The van der Waals surface area contributed by atoms with Crippen molar-refractivity contribution in [2.24, 2.45) is 11.3 Å². The van der Waals surface area contributed by atoms with Crippen LogP contribution in [0.3, 0.4) is 0 Å². The van der Waals surface area contributed by atoms with Crippen LogP contribution in [0.4, 0.5) is 0 Å². The molecule has 2 aliphatic carbocycles. The molecule has 1 saturated carbocycles. The molecule has 0 spiro atoms. The molecule has 1 fully saturated rings. The van der Waals surface area contributed by atoms with Crippen molar-refractivity contribution in [2.45, 2.75) is 51.9 Å². The summed E-state index contributed by atoms with van der Waals surface area (Å²) in [5, 5.41) is 3.95. The molecule has 2 aliphatic rings. The number of Topliss-reactive ketones (excluding diaryl/α,β-unsaturated/α-hetero) is 1. The zero-order valence-electron chi connectivity index (χ0n) is 10.7. The van der Waals surface area contributed by atoms with E-state index in [0.717, 1.165) is 25.0 Å². The topological polar surface area (TPSA) is 43.1 Å². The van der Waals surface area contributed by atoms with Gasteiger partial charge in [-0.05, 0) is 24.2 Å². The van der Waals surface area contributed by atoms with Crippen LogP contribution >= 0.6 is 0 Å². The summed E-state index contributed by atoms with van der Waals surface area (Å²) in [5.41, 5.74) is 1.29. The summed E-state index contributed by atoms with van der Waals surface area (Å²) in [6.07, 6.45) is 5.20. The maximum Gasteiger partial charge on any atom is 0.145 e. The molecule has 17 heavy (non-hydrogen) atoms. The Labute approximate surface area is 102 Å². The highest BCUT2D eigenvalue weighted by molar-refractivity contribution is 5.80. The Kier molecular flexibility index (Phi) is 2.08. The second-order valence-corrected chi connectivity index (χ2v) is 6.54. The zero-order chi connectivity index (χ0) is 12.3. The van der Waals surface area contributed by atoms with E-state index in [-0.39, 0.29) is 10.8 Å². The van der Waals surface area contributed by atoms with Gasteiger partial charge in [-0.15, -0.1) is 0 Å². The van der Waals surface area contributed by atoms with Crippen LogP contribution in [0.15, 0.2) is 10.7 Å². The summed E-state index contributed by atoms with van der Waals surface area (Å²) in [6.45, 7) is 6.72. The van der Waals surface area contributed by atoms with E-state index in [1.807, 2.05) is 6.20 Å². The molecule has 3 nitrogen and oxygen atoms in total. The molecule has 0 amide bonds. The lowest BCUT2D eigenvalue weighted by molar-refractivity contribution is -0.127. The van der Waals surface area contributed by atoms with Crippen LogP contribution in [0.1, 0.15) is 51.4 Å². The van der Waals surface area contributed by atoms with Crippen LogP contribution in [0.5, 0.6) is 0 Å². The summed E-state index contributed by atoms with van der Waals surface area (Å²) in [4.78, 5) is 11.7. The predicted molar refractivity (Wildman–Crippen MR) is 63.7 cm³/mol. The lowest BCUT2D eigenvalue weighted by Crippen LogP contribution is -2.49. The Morgan fingerprint density at radius 1 is 1.35 bits per heavy atom. The first-order valence-corrected chi connectivity index (χ1v) is 6.39. The van der Waals surface area contributed by atoms with E-state index in [0.29, 0.717) is 18.1 Å². The van der Waals surface area contributed by atoms with Gasteiger partial charge in [0.25, 0.3) is 0 Å². The van der Waals surface area contributed by atoms with Crippen LogP contribution in [0.25, 0.3) is 0 Å². The summed E-state index contributed by atoms with van der Waals surface area (Å²) >= 11 is 0. The molecular formula is C14H19NO2. The van der Waals surface area contributed by atoms with Crippen molar-refractivity contribution in [3.8, 4) is 0 Å². The third kappa shape index (κ3) is 1.41. The molecule has 0 aromatic carbocycles. The molecule has 3 rings (SSSR count).